The van der Waals surface area contributed by atoms with Gasteiger partial charge in [0.25, 0.3) is 0 Å². The van der Waals surface area contributed by atoms with E-state index < -0.39 is 0 Å². The molecule has 0 unspecified atom stereocenters. The van der Waals surface area contributed by atoms with Crippen LogP contribution in [-0.4, -0.2) is 4.57 Å². The zero-order valence-corrected chi connectivity index (χ0v) is 21.0. The molecule has 0 spiro atoms. The van der Waals surface area contributed by atoms with Gasteiger partial charge in [-0.2, -0.15) is 0 Å². The summed E-state index contributed by atoms with van der Waals surface area (Å²) in [5, 5.41) is 2.62. The highest BCUT2D eigenvalue weighted by atomic mass is 15.0. The summed E-state index contributed by atoms with van der Waals surface area (Å²) in [5.41, 5.74) is 13.3. The molecule has 0 fully saturated rings. The van der Waals surface area contributed by atoms with E-state index in [1.54, 1.807) is 0 Å². The SMILES string of the molecule is CC(C)(C)c1ccc2c(c1)c1cc(-c3ccc4c(c3)-c3ccccc3C4)ccc1n2-c1ccccc1. The summed E-state index contributed by atoms with van der Waals surface area (Å²) in [6.07, 6.45) is 1.03. The predicted molar refractivity (Wildman–Crippen MR) is 153 cm³/mol. The second-order valence-electron chi connectivity index (χ2n) is 11.1. The van der Waals surface area contributed by atoms with Crippen LogP contribution in [0.5, 0.6) is 0 Å². The molecule has 6 aromatic rings. The van der Waals surface area contributed by atoms with Gasteiger partial charge in [-0.15, -0.1) is 0 Å². The van der Waals surface area contributed by atoms with Gasteiger partial charge < -0.3 is 4.57 Å². The number of para-hydroxylation sites is 1. The summed E-state index contributed by atoms with van der Waals surface area (Å²) in [4.78, 5) is 0. The molecule has 0 N–H and O–H groups in total. The minimum Gasteiger partial charge on any atom is -0.309 e. The van der Waals surface area contributed by atoms with E-state index in [0.29, 0.717) is 0 Å². The standard InChI is InChI=1S/C35H29N/c1-35(2,3)27-16-18-34-32(22-27)31-21-24(15-17-33(31)36(34)28-10-5-4-6-11-28)23-13-14-26-19-25-9-7-8-12-29(25)30(26)20-23/h4-18,20-22H,19H2,1-3H3. The molecule has 0 atom stereocenters. The Bertz CT molecular complexity index is 1780. The van der Waals surface area contributed by atoms with E-state index in [9.17, 15) is 0 Å². The summed E-state index contributed by atoms with van der Waals surface area (Å²) in [6.45, 7) is 6.87. The molecule has 174 valence electrons. The first-order chi connectivity index (χ1) is 17.5. The Balaban J connectivity index is 1.47. The minimum atomic E-state index is 0.0976. The highest BCUT2D eigenvalue weighted by Gasteiger charge is 2.20. The largest absolute Gasteiger partial charge is 0.309 e. The summed E-state index contributed by atoms with van der Waals surface area (Å²) < 4.78 is 2.40. The van der Waals surface area contributed by atoms with Gasteiger partial charge in [0.15, 0.2) is 0 Å². The monoisotopic (exact) mass is 463 g/mol. The Kier molecular flexibility index (Phi) is 4.53. The van der Waals surface area contributed by atoms with Crippen LogP contribution >= 0.6 is 0 Å². The molecule has 0 saturated carbocycles. The van der Waals surface area contributed by atoms with Gasteiger partial charge in [0.2, 0.25) is 0 Å². The Morgan fingerprint density at radius 1 is 0.556 bits per heavy atom. The molecule has 1 heterocycles. The molecule has 36 heavy (non-hydrogen) atoms. The Labute approximate surface area is 212 Å². The summed E-state index contributed by atoms with van der Waals surface area (Å²) in [7, 11) is 0. The smallest absolute Gasteiger partial charge is 0.0541 e. The molecule has 1 nitrogen and oxygen atoms in total. The number of hydrogen-bond acceptors (Lipinski definition) is 0. The van der Waals surface area contributed by atoms with E-state index in [1.807, 2.05) is 0 Å². The number of hydrogen-bond donors (Lipinski definition) is 0. The van der Waals surface area contributed by atoms with Gasteiger partial charge in [-0.25, -0.2) is 0 Å². The Morgan fingerprint density at radius 2 is 1.19 bits per heavy atom. The van der Waals surface area contributed by atoms with Gasteiger partial charge in [0.1, 0.15) is 0 Å². The number of rotatable bonds is 2. The van der Waals surface area contributed by atoms with Crippen LogP contribution in [0, 0.1) is 0 Å². The highest BCUT2D eigenvalue weighted by molar-refractivity contribution is 6.10. The van der Waals surface area contributed by atoms with Crippen molar-refractivity contribution in [3.8, 4) is 27.9 Å². The van der Waals surface area contributed by atoms with E-state index in [-0.39, 0.29) is 5.41 Å². The molecule has 0 amide bonds. The van der Waals surface area contributed by atoms with Gasteiger partial charge in [-0.05, 0) is 93.2 Å². The van der Waals surface area contributed by atoms with Crippen molar-refractivity contribution in [2.24, 2.45) is 0 Å². The average Bonchev–Trinajstić information content (AvgIpc) is 3.43. The van der Waals surface area contributed by atoms with E-state index >= 15 is 0 Å². The third-order valence-corrected chi connectivity index (χ3v) is 7.78. The molecular formula is C35H29N. The lowest BCUT2D eigenvalue weighted by atomic mass is 9.86. The van der Waals surface area contributed by atoms with Crippen molar-refractivity contribution in [2.75, 3.05) is 0 Å². The lowest BCUT2D eigenvalue weighted by molar-refractivity contribution is 0.591. The fourth-order valence-corrected chi connectivity index (χ4v) is 5.83. The van der Waals surface area contributed by atoms with Crippen molar-refractivity contribution in [1.82, 2.24) is 4.57 Å². The normalized spacial score (nSPS) is 12.8. The first-order valence-electron chi connectivity index (χ1n) is 12.8. The molecule has 0 saturated heterocycles. The van der Waals surface area contributed by atoms with E-state index in [2.05, 4.69) is 135 Å². The molecule has 1 aliphatic rings. The van der Waals surface area contributed by atoms with Crippen LogP contribution in [0.25, 0.3) is 49.7 Å². The molecule has 0 bridgehead atoms. The molecule has 1 aromatic heterocycles. The van der Waals surface area contributed by atoms with Crippen LogP contribution in [0.1, 0.15) is 37.5 Å². The van der Waals surface area contributed by atoms with Crippen molar-refractivity contribution in [3.05, 3.63) is 126 Å². The third kappa shape index (κ3) is 3.23. The van der Waals surface area contributed by atoms with Gasteiger partial charge >= 0.3 is 0 Å². The first kappa shape index (κ1) is 21.2. The fourth-order valence-electron chi connectivity index (χ4n) is 5.83. The van der Waals surface area contributed by atoms with Crippen molar-refractivity contribution >= 4 is 21.8 Å². The Hall–Kier alpha value is -4.10. The maximum absolute atomic E-state index is 2.40. The number of fused-ring (bicyclic) bond motifs is 6. The van der Waals surface area contributed by atoms with Crippen molar-refractivity contribution in [1.29, 1.82) is 0 Å². The van der Waals surface area contributed by atoms with Gasteiger partial charge in [-0.1, -0.05) is 87.5 Å². The van der Waals surface area contributed by atoms with Gasteiger partial charge in [0, 0.05) is 16.5 Å². The highest BCUT2D eigenvalue weighted by Crippen LogP contribution is 2.41. The van der Waals surface area contributed by atoms with E-state index in [1.165, 1.54) is 66.4 Å². The minimum absolute atomic E-state index is 0.0976. The van der Waals surface area contributed by atoms with Gasteiger partial charge in [0.05, 0.1) is 11.0 Å². The second-order valence-corrected chi connectivity index (χ2v) is 11.1. The average molecular weight is 464 g/mol. The molecular weight excluding hydrogens is 434 g/mol. The van der Waals surface area contributed by atoms with E-state index in [4.69, 9.17) is 0 Å². The second kappa shape index (κ2) is 7.70. The lowest BCUT2D eigenvalue weighted by Gasteiger charge is -2.19. The van der Waals surface area contributed by atoms with E-state index in [0.717, 1.165) is 6.42 Å². The van der Waals surface area contributed by atoms with Crippen molar-refractivity contribution in [2.45, 2.75) is 32.6 Å². The predicted octanol–water partition coefficient (Wildman–Crippen LogP) is 9.32. The molecule has 0 radical (unpaired) electrons. The zero-order chi connectivity index (χ0) is 24.4. The molecule has 5 aromatic carbocycles. The summed E-state index contributed by atoms with van der Waals surface area (Å²) in [5.74, 6) is 0. The summed E-state index contributed by atoms with van der Waals surface area (Å²) >= 11 is 0. The maximum Gasteiger partial charge on any atom is 0.0541 e. The van der Waals surface area contributed by atoms with Crippen LogP contribution in [0.2, 0.25) is 0 Å². The van der Waals surface area contributed by atoms with Gasteiger partial charge in [-0.3, -0.25) is 0 Å². The number of aromatic nitrogens is 1. The molecule has 1 aliphatic carbocycles. The van der Waals surface area contributed by atoms with Crippen LogP contribution in [0.4, 0.5) is 0 Å². The zero-order valence-electron chi connectivity index (χ0n) is 21.0. The van der Waals surface area contributed by atoms with Crippen LogP contribution in [-0.2, 0) is 11.8 Å². The van der Waals surface area contributed by atoms with Crippen LogP contribution in [0.3, 0.4) is 0 Å². The molecule has 0 aliphatic heterocycles. The third-order valence-electron chi connectivity index (χ3n) is 7.78. The van der Waals surface area contributed by atoms with Crippen molar-refractivity contribution in [3.63, 3.8) is 0 Å². The molecule has 1 heteroatoms. The lowest BCUT2D eigenvalue weighted by Crippen LogP contribution is -2.10. The van der Waals surface area contributed by atoms with Crippen LogP contribution < -0.4 is 0 Å². The van der Waals surface area contributed by atoms with Crippen LogP contribution in [0.15, 0.2) is 109 Å². The Morgan fingerprint density at radius 3 is 2.00 bits per heavy atom. The maximum atomic E-state index is 2.40. The topological polar surface area (TPSA) is 4.93 Å². The number of nitrogens with zero attached hydrogens (tertiary/aromatic N) is 1. The number of benzene rings is 5. The van der Waals surface area contributed by atoms with Crippen molar-refractivity contribution < 1.29 is 0 Å². The molecule has 7 rings (SSSR count). The fraction of sp³-hybridized carbons (Fsp3) is 0.143. The quantitative estimate of drug-likeness (QED) is 0.241. The summed E-state index contributed by atoms with van der Waals surface area (Å²) in [6, 6.07) is 40.5. The first-order valence-corrected chi connectivity index (χ1v) is 12.8.